The van der Waals surface area contributed by atoms with Crippen molar-refractivity contribution in [3.63, 3.8) is 0 Å². The van der Waals surface area contributed by atoms with E-state index in [-0.39, 0.29) is 0 Å². The van der Waals surface area contributed by atoms with Crippen molar-refractivity contribution in [3.05, 3.63) is 0 Å². The van der Waals surface area contributed by atoms with Gasteiger partial charge in [0, 0.05) is 0 Å². The summed E-state index contributed by atoms with van der Waals surface area (Å²) in [5.41, 5.74) is 0. The van der Waals surface area contributed by atoms with Gasteiger partial charge in [0.1, 0.15) is 10.8 Å². The molecule has 0 atom stereocenters. The third-order valence-electron chi connectivity index (χ3n) is 0. The fourth-order valence-corrected chi connectivity index (χ4v) is 0. The van der Waals surface area contributed by atoms with Crippen LogP contribution in [0.4, 0.5) is 0 Å². The number of rotatable bonds is 0. The molecule has 10 heavy (non-hydrogen) atoms. The number of hydrogen-bond acceptors (Lipinski definition) is 2. The molecular weight excluding hydrogens is 292 g/mol. The van der Waals surface area contributed by atoms with E-state index in [4.69, 9.17) is 45.0 Å². The fraction of sp³-hybridized carbons (Fsp3) is 1.00. The quantitative estimate of drug-likeness (QED) is 0.579. The van der Waals surface area contributed by atoms with E-state index in [2.05, 4.69) is 23.6 Å². The summed E-state index contributed by atoms with van der Waals surface area (Å²) in [5.74, 6) is 0. The van der Waals surface area contributed by atoms with E-state index in [1.807, 2.05) is 13.8 Å². The molecule has 0 aromatic heterocycles. The van der Waals surface area contributed by atoms with E-state index in [1.165, 1.54) is 0 Å². The largest absolute Gasteiger partial charge is 0.108 e. The third kappa shape index (κ3) is 155. The van der Waals surface area contributed by atoms with Crippen molar-refractivity contribution in [2.45, 2.75) is 13.8 Å². The molecule has 0 amide bonds. The molecule has 0 saturated carbocycles. The highest BCUT2D eigenvalue weighted by atomic mass is 35.9. The summed E-state index contributed by atoms with van der Waals surface area (Å²) in [5, 5.41) is -2.70. The van der Waals surface area contributed by atoms with Crippen LogP contribution in [0.15, 0.2) is 0 Å². The van der Waals surface area contributed by atoms with Gasteiger partial charge in [-0.05, 0) is 0 Å². The normalized spacial score (nSPS) is 7.60. The molecule has 0 saturated heterocycles. The molecule has 0 rings (SSSR count). The van der Waals surface area contributed by atoms with Crippen LogP contribution >= 0.6 is 55.8 Å². The van der Waals surface area contributed by atoms with Crippen LogP contribution in [0.25, 0.3) is 0 Å². The maximum absolute atomic E-state index is 4.96. The van der Waals surface area contributed by atoms with E-state index in [0.717, 1.165) is 0 Å². The van der Waals surface area contributed by atoms with Gasteiger partial charge in [-0.3, -0.25) is 0 Å². The first-order chi connectivity index (χ1) is 4.46. The third-order valence-corrected chi connectivity index (χ3v) is 0. The minimum Gasteiger partial charge on any atom is -0.0717 e. The monoisotopic (exact) mass is 298 g/mol. The Morgan fingerprint density at radius 3 is 0.800 bits per heavy atom. The zero-order valence-corrected chi connectivity index (χ0v) is 12.0. The van der Waals surface area contributed by atoms with Crippen LogP contribution in [0, 0.1) is 0 Å². The molecule has 0 aliphatic rings. The van der Waals surface area contributed by atoms with Crippen molar-refractivity contribution >= 4 is 79.4 Å². The van der Waals surface area contributed by atoms with Gasteiger partial charge < -0.3 is 0 Å². The molecule has 0 bridgehead atoms. The summed E-state index contributed by atoms with van der Waals surface area (Å²) in [4.78, 5) is 0. The molecule has 0 nitrogen and oxygen atoms in total. The summed E-state index contributed by atoms with van der Waals surface area (Å²) in [7, 11) is 0. The lowest BCUT2D eigenvalue weighted by molar-refractivity contribution is 1.50. The van der Waals surface area contributed by atoms with Gasteiger partial charge in [0.2, 0.25) is 0 Å². The summed E-state index contributed by atoms with van der Waals surface area (Å²) in [6.07, 6.45) is 0. The Morgan fingerprint density at radius 2 is 0.800 bits per heavy atom. The molecule has 66 valence electrons. The van der Waals surface area contributed by atoms with Crippen LogP contribution in [-0.4, -0.2) is 0 Å². The maximum Gasteiger partial charge on any atom is 0.108 e. The molecule has 0 aromatic carbocycles. The van der Waals surface area contributed by atoms with E-state index in [1.54, 1.807) is 0 Å². The maximum atomic E-state index is 4.96. The second-order valence-electron chi connectivity index (χ2n) is 0.451. The average Bonchev–Trinajstić information content (AvgIpc) is 1.66. The fourth-order valence-electron chi connectivity index (χ4n) is 0. The Bertz CT molecular complexity index is 77.3. The molecule has 0 spiro atoms. The molecular formula is C2H8Cl4P2S2. The molecule has 0 heterocycles. The summed E-state index contributed by atoms with van der Waals surface area (Å²) < 4.78 is 0. The molecule has 0 N–H and O–H groups in total. The van der Waals surface area contributed by atoms with Crippen molar-refractivity contribution in [2.24, 2.45) is 0 Å². The van der Waals surface area contributed by atoms with E-state index >= 15 is 0 Å². The Morgan fingerprint density at radius 1 is 0.800 bits per heavy atom. The van der Waals surface area contributed by atoms with Crippen molar-refractivity contribution in [1.82, 2.24) is 0 Å². The second kappa shape index (κ2) is 17.5. The molecule has 0 radical (unpaired) electrons. The van der Waals surface area contributed by atoms with Crippen LogP contribution in [0.3, 0.4) is 0 Å². The van der Waals surface area contributed by atoms with E-state index < -0.39 is 10.8 Å². The first kappa shape index (κ1) is 18.3. The molecule has 0 aliphatic heterocycles. The van der Waals surface area contributed by atoms with Crippen LogP contribution in [0.1, 0.15) is 13.8 Å². The van der Waals surface area contributed by atoms with Gasteiger partial charge in [0.25, 0.3) is 0 Å². The standard InChI is InChI=1S/C2H6.2Cl2HPS/c1-2;2*1-3(2)4/h1-2H3;2*3H. The minimum atomic E-state index is -1.35. The van der Waals surface area contributed by atoms with Gasteiger partial charge in [0.05, 0.1) is 0 Å². The summed E-state index contributed by atoms with van der Waals surface area (Å²) >= 11 is 28.3. The lowest BCUT2D eigenvalue weighted by Crippen LogP contribution is -0.922. The van der Waals surface area contributed by atoms with Crippen molar-refractivity contribution < 1.29 is 0 Å². The highest BCUT2D eigenvalue weighted by Crippen LogP contribution is 2.32. The SMILES string of the molecule is CC.S=[PH](Cl)Cl.S=[PH](Cl)Cl. The Labute approximate surface area is 92.6 Å². The van der Waals surface area contributed by atoms with Gasteiger partial charge in [0.15, 0.2) is 0 Å². The Hall–Kier alpha value is 2.46. The highest BCUT2D eigenvalue weighted by molar-refractivity contribution is 8.29. The van der Waals surface area contributed by atoms with Gasteiger partial charge in [-0.15, -0.1) is 0 Å². The molecule has 0 aromatic rings. The lowest BCUT2D eigenvalue weighted by atomic mass is 11.0. The second-order valence-corrected chi connectivity index (χ2v) is 12.2. The van der Waals surface area contributed by atoms with Crippen LogP contribution in [0.2, 0.25) is 0 Å². The van der Waals surface area contributed by atoms with Gasteiger partial charge in [-0.25, -0.2) is 0 Å². The van der Waals surface area contributed by atoms with Crippen molar-refractivity contribution in [3.8, 4) is 0 Å². The number of hydrogen-bond donors (Lipinski definition) is 0. The van der Waals surface area contributed by atoms with Crippen LogP contribution in [-0.2, 0) is 23.6 Å². The Kier molecular flexibility index (Phi) is 32.0. The molecule has 0 aliphatic carbocycles. The van der Waals surface area contributed by atoms with E-state index in [0.29, 0.717) is 0 Å². The topological polar surface area (TPSA) is 0 Å². The molecule has 8 heteroatoms. The highest BCUT2D eigenvalue weighted by Gasteiger charge is 1.61. The molecule has 0 fully saturated rings. The smallest absolute Gasteiger partial charge is 0.0717 e. The zero-order chi connectivity index (χ0) is 9.15. The predicted molar refractivity (Wildman–Crippen MR) is 66.1 cm³/mol. The van der Waals surface area contributed by atoms with Gasteiger partial charge in [-0.2, -0.15) is 0 Å². The first-order valence-electron chi connectivity index (χ1n) is 2.16. The lowest BCUT2D eigenvalue weighted by Gasteiger charge is -1.56. The average molecular weight is 300 g/mol. The minimum absolute atomic E-state index is 1.35. The summed E-state index contributed by atoms with van der Waals surface area (Å²) in [6.45, 7) is 4.00. The first-order valence-corrected chi connectivity index (χ1v) is 11.5. The molecule has 0 unspecified atom stereocenters. The van der Waals surface area contributed by atoms with Crippen LogP contribution < -0.4 is 0 Å². The van der Waals surface area contributed by atoms with Crippen molar-refractivity contribution in [1.29, 1.82) is 0 Å². The number of halogens is 4. The van der Waals surface area contributed by atoms with Gasteiger partial charge in [-0.1, -0.05) is 82.4 Å². The zero-order valence-electron chi connectivity index (χ0n) is 5.33. The van der Waals surface area contributed by atoms with E-state index in [9.17, 15) is 0 Å². The summed E-state index contributed by atoms with van der Waals surface area (Å²) in [6, 6.07) is 0. The Balaban J connectivity index is -0.0000000787. The van der Waals surface area contributed by atoms with Gasteiger partial charge >= 0.3 is 0 Å². The van der Waals surface area contributed by atoms with Crippen molar-refractivity contribution in [2.75, 3.05) is 0 Å². The predicted octanol–water partition coefficient (Wildman–Crippen LogP) is 4.97. The van der Waals surface area contributed by atoms with Crippen LogP contribution in [0.5, 0.6) is 0 Å².